The maximum Gasteiger partial charge on any atom is 0.184 e. The number of hydrazone groups is 1. The third-order valence-corrected chi connectivity index (χ3v) is 3.08. The van der Waals surface area contributed by atoms with E-state index in [1.165, 1.54) is 0 Å². The fourth-order valence-electron chi connectivity index (χ4n) is 2.05. The first-order valence-electron chi connectivity index (χ1n) is 6.28. The molecule has 0 bridgehead atoms. The molecule has 0 spiro atoms. The van der Waals surface area contributed by atoms with Crippen LogP contribution in [0.3, 0.4) is 0 Å². The molecule has 21 heavy (non-hydrogen) atoms. The van der Waals surface area contributed by atoms with E-state index in [9.17, 15) is 0 Å². The van der Waals surface area contributed by atoms with Crippen LogP contribution in [0.25, 0.3) is 16.5 Å². The van der Waals surface area contributed by atoms with Crippen molar-refractivity contribution < 1.29 is 0 Å². The number of hydrogen-bond acceptors (Lipinski definition) is 5. The van der Waals surface area contributed by atoms with E-state index in [1.807, 2.05) is 30.3 Å². The van der Waals surface area contributed by atoms with Crippen molar-refractivity contribution in [3.63, 3.8) is 0 Å². The highest BCUT2D eigenvalue weighted by Crippen LogP contribution is 2.23. The molecule has 0 radical (unpaired) electrons. The van der Waals surface area contributed by atoms with E-state index in [2.05, 4.69) is 25.7 Å². The molecule has 0 atom stereocenters. The average Bonchev–Trinajstić information content (AvgIpc) is 3.01. The largest absolute Gasteiger partial charge is 0.375 e. The van der Waals surface area contributed by atoms with E-state index in [0.29, 0.717) is 6.54 Å². The van der Waals surface area contributed by atoms with Crippen molar-refractivity contribution in [2.75, 3.05) is 6.54 Å². The van der Waals surface area contributed by atoms with Gasteiger partial charge in [0.05, 0.1) is 30.2 Å². The molecule has 104 valence electrons. The normalized spacial score (nSPS) is 13.8. The second-order valence-corrected chi connectivity index (χ2v) is 4.86. The lowest BCUT2D eigenvalue weighted by molar-refractivity contribution is 1.04. The van der Waals surface area contributed by atoms with Gasteiger partial charge in [-0.05, 0) is 24.4 Å². The van der Waals surface area contributed by atoms with Crippen LogP contribution in [-0.4, -0.2) is 22.9 Å². The van der Waals surface area contributed by atoms with Crippen molar-refractivity contribution in [1.82, 2.24) is 10.4 Å². The number of para-hydroxylation sites is 1. The second kappa shape index (κ2) is 5.76. The van der Waals surface area contributed by atoms with Crippen LogP contribution < -0.4 is 11.2 Å². The number of nitrogens with two attached hydrogens (primary N) is 1. The summed E-state index contributed by atoms with van der Waals surface area (Å²) in [5.41, 5.74) is 11.6. The van der Waals surface area contributed by atoms with E-state index in [4.69, 9.17) is 18.0 Å². The molecule has 1 aromatic carbocycles. The number of rotatable bonds is 3. The zero-order chi connectivity index (χ0) is 14.7. The van der Waals surface area contributed by atoms with Crippen LogP contribution >= 0.6 is 12.2 Å². The van der Waals surface area contributed by atoms with Gasteiger partial charge in [-0.1, -0.05) is 18.2 Å². The first-order valence-corrected chi connectivity index (χ1v) is 6.69. The summed E-state index contributed by atoms with van der Waals surface area (Å²) in [6, 6.07) is 9.81. The van der Waals surface area contributed by atoms with E-state index < -0.39 is 0 Å². The van der Waals surface area contributed by atoms with Gasteiger partial charge >= 0.3 is 0 Å². The van der Waals surface area contributed by atoms with Crippen molar-refractivity contribution >= 4 is 40.0 Å². The number of azo groups is 1. The van der Waals surface area contributed by atoms with Crippen LogP contribution in [0.2, 0.25) is 0 Å². The van der Waals surface area contributed by atoms with Crippen LogP contribution in [0.1, 0.15) is 11.3 Å². The minimum absolute atomic E-state index is 0.126. The van der Waals surface area contributed by atoms with Crippen molar-refractivity contribution in [2.24, 2.45) is 21.1 Å². The zero-order valence-corrected chi connectivity index (χ0v) is 11.8. The molecule has 0 aliphatic carbocycles. The zero-order valence-electron chi connectivity index (χ0n) is 11.0. The van der Waals surface area contributed by atoms with Crippen molar-refractivity contribution in [3.05, 3.63) is 47.8 Å². The molecule has 3 N–H and O–H groups in total. The van der Waals surface area contributed by atoms with Crippen LogP contribution in [0, 0.1) is 0 Å². The van der Waals surface area contributed by atoms with Crippen molar-refractivity contribution in [1.29, 1.82) is 0 Å². The van der Waals surface area contributed by atoms with Gasteiger partial charge in [0.15, 0.2) is 5.11 Å². The van der Waals surface area contributed by atoms with Crippen LogP contribution in [0.15, 0.2) is 51.9 Å². The Morgan fingerprint density at radius 3 is 3.00 bits per heavy atom. The molecule has 0 fully saturated rings. The Labute approximate surface area is 126 Å². The first-order chi connectivity index (χ1) is 10.2. The van der Waals surface area contributed by atoms with Crippen molar-refractivity contribution in [3.8, 4) is 0 Å². The molecule has 0 saturated carbocycles. The summed E-state index contributed by atoms with van der Waals surface area (Å²) in [5, 5.41) is 13.0. The SMILES string of the molecule is NC(=S)N/N=C/c1cc(C2=CN=NC2)nc2ccccc12. The summed E-state index contributed by atoms with van der Waals surface area (Å²) in [5.74, 6) is 0. The minimum Gasteiger partial charge on any atom is -0.375 e. The number of fused-ring (bicyclic) bond motifs is 1. The van der Waals surface area contributed by atoms with Gasteiger partial charge in [-0.3, -0.25) is 5.43 Å². The highest BCUT2D eigenvalue weighted by Gasteiger charge is 2.10. The Balaban J connectivity index is 2.07. The summed E-state index contributed by atoms with van der Waals surface area (Å²) < 4.78 is 0. The van der Waals surface area contributed by atoms with Gasteiger partial charge in [0, 0.05) is 16.5 Å². The van der Waals surface area contributed by atoms with E-state index >= 15 is 0 Å². The predicted octanol–water partition coefficient (Wildman–Crippen LogP) is 2.21. The van der Waals surface area contributed by atoms with Gasteiger partial charge in [-0.25, -0.2) is 4.98 Å². The summed E-state index contributed by atoms with van der Waals surface area (Å²) >= 11 is 4.73. The number of nitrogens with one attached hydrogen (secondary N) is 1. The molecule has 7 heteroatoms. The number of pyridine rings is 1. The molecule has 1 aromatic heterocycles. The molecular formula is C14H12N6S. The first kappa shape index (κ1) is 13.3. The fourth-order valence-corrected chi connectivity index (χ4v) is 2.11. The lowest BCUT2D eigenvalue weighted by atomic mass is 10.1. The summed E-state index contributed by atoms with van der Waals surface area (Å²) in [7, 11) is 0. The lowest BCUT2D eigenvalue weighted by Crippen LogP contribution is -2.24. The van der Waals surface area contributed by atoms with E-state index in [-0.39, 0.29) is 5.11 Å². The molecule has 0 unspecified atom stereocenters. The van der Waals surface area contributed by atoms with Gasteiger partial charge in [0.2, 0.25) is 0 Å². The summed E-state index contributed by atoms with van der Waals surface area (Å²) in [6.07, 6.45) is 3.40. The van der Waals surface area contributed by atoms with Crippen LogP contribution in [-0.2, 0) is 0 Å². The Bertz CT molecular complexity index is 793. The number of nitrogens with zero attached hydrogens (tertiary/aromatic N) is 4. The topological polar surface area (TPSA) is 88.0 Å². The van der Waals surface area contributed by atoms with Crippen LogP contribution in [0.5, 0.6) is 0 Å². The third-order valence-electron chi connectivity index (χ3n) is 2.99. The quantitative estimate of drug-likeness (QED) is 0.516. The average molecular weight is 296 g/mol. The van der Waals surface area contributed by atoms with Crippen molar-refractivity contribution in [2.45, 2.75) is 0 Å². The Kier molecular flexibility index (Phi) is 3.65. The molecule has 1 aliphatic rings. The minimum atomic E-state index is 0.126. The maximum atomic E-state index is 5.36. The summed E-state index contributed by atoms with van der Waals surface area (Å²) in [4.78, 5) is 4.64. The van der Waals surface area contributed by atoms with E-state index in [1.54, 1.807) is 12.4 Å². The van der Waals surface area contributed by atoms with Gasteiger partial charge in [0.25, 0.3) is 0 Å². The van der Waals surface area contributed by atoms with Gasteiger partial charge in [-0.15, -0.1) is 0 Å². The standard InChI is InChI=1S/C14H12N6S/c15-14(21)20-18-6-9-5-13(10-7-16-17-8-10)19-12-4-2-1-3-11(9)12/h1-7H,8H2,(H3,15,20,21)/b18-6+. The van der Waals surface area contributed by atoms with Gasteiger partial charge in [-0.2, -0.15) is 15.3 Å². The Morgan fingerprint density at radius 1 is 1.38 bits per heavy atom. The molecular weight excluding hydrogens is 284 g/mol. The highest BCUT2D eigenvalue weighted by molar-refractivity contribution is 7.80. The molecule has 2 heterocycles. The summed E-state index contributed by atoms with van der Waals surface area (Å²) in [6.45, 7) is 0.549. The highest BCUT2D eigenvalue weighted by atomic mass is 32.1. The van der Waals surface area contributed by atoms with Gasteiger partial charge in [0.1, 0.15) is 0 Å². The molecule has 2 aromatic rings. The van der Waals surface area contributed by atoms with Gasteiger partial charge < -0.3 is 5.73 Å². The smallest absolute Gasteiger partial charge is 0.184 e. The van der Waals surface area contributed by atoms with Crippen LogP contribution in [0.4, 0.5) is 0 Å². The molecule has 6 nitrogen and oxygen atoms in total. The molecule has 0 saturated heterocycles. The second-order valence-electron chi connectivity index (χ2n) is 4.42. The number of thiocarbonyl (C=S) groups is 1. The molecule has 1 aliphatic heterocycles. The number of hydrogen-bond donors (Lipinski definition) is 2. The molecule has 3 rings (SSSR count). The lowest BCUT2D eigenvalue weighted by Gasteiger charge is -2.06. The fraction of sp³-hybridized carbons (Fsp3) is 0.0714. The van der Waals surface area contributed by atoms with E-state index in [0.717, 1.165) is 27.7 Å². The maximum absolute atomic E-state index is 5.36. The Morgan fingerprint density at radius 2 is 2.24 bits per heavy atom. The monoisotopic (exact) mass is 296 g/mol. The third kappa shape index (κ3) is 2.92. The number of benzene rings is 1. The molecule has 0 amide bonds. The predicted molar refractivity (Wildman–Crippen MR) is 87.0 cm³/mol. The Hall–Kier alpha value is -2.67. The number of aromatic nitrogens is 1.